The average molecular weight is 172 g/mol. The molecule has 4 heteroatoms. The molecule has 0 saturated heterocycles. The Bertz CT molecular complexity index is 174. The number of aliphatic carboxylic acids is 1. The first-order valence-corrected chi connectivity index (χ1v) is 3.68. The van der Waals surface area contributed by atoms with E-state index in [4.69, 9.17) is 10.2 Å². The van der Waals surface area contributed by atoms with Crippen LogP contribution in [0.15, 0.2) is 12.2 Å². The first kappa shape index (κ1) is 10.8. The summed E-state index contributed by atoms with van der Waals surface area (Å²) >= 11 is 0. The van der Waals surface area contributed by atoms with Gasteiger partial charge < -0.3 is 10.2 Å². The smallest absolute Gasteiger partial charge is 0.303 e. The van der Waals surface area contributed by atoms with Crippen molar-refractivity contribution in [1.82, 2.24) is 0 Å². The van der Waals surface area contributed by atoms with Crippen molar-refractivity contribution < 1.29 is 19.8 Å². The fourth-order valence-corrected chi connectivity index (χ4v) is 0.732. The maximum absolute atomic E-state index is 10.0. The van der Waals surface area contributed by atoms with Crippen molar-refractivity contribution in [1.29, 1.82) is 0 Å². The number of carboxylic acids is 1. The van der Waals surface area contributed by atoms with Crippen LogP contribution in [-0.4, -0.2) is 28.6 Å². The van der Waals surface area contributed by atoms with Crippen LogP contribution in [-0.2, 0) is 9.59 Å². The van der Waals surface area contributed by atoms with Gasteiger partial charge >= 0.3 is 5.97 Å². The van der Waals surface area contributed by atoms with Gasteiger partial charge in [0.05, 0.1) is 6.10 Å². The lowest BCUT2D eigenvalue weighted by Gasteiger charge is -2.01. The molecule has 0 aromatic heterocycles. The highest BCUT2D eigenvalue weighted by Gasteiger charge is 2.01. The zero-order valence-corrected chi connectivity index (χ0v) is 6.64. The first-order chi connectivity index (χ1) is 5.66. The van der Waals surface area contributed by atoms with Gasteiger partial charge in [0.15, 0.2) is 0 Å². The summed E-state index contributed by atoms with van der Waals surface area (Å²) in [4.78, 5) is 19.8. The summed E-state index contributed by atoms with van der Waals surface area (Å²) in [5.41, 5.74) is 0. The van der Waals surface area contributed by atoms with Crippen molar-refractivity contribution in [3.05, 3.63) is 12.2 Å². The van der Waals surface area contributed by atoms with Gasteiger partial charge in [0.1, 0.15) is 6.29 Å². The third-order valence-electron chi connectivity index (χ3n) is 1.30. The van der Waals surface area contributed by atoms with Gasteiger partial charge in [0.2, 0.25) is 0 Å². The predicted octanol–water partition coefficient (Wildman–Crippen LogP) is 0.357. The highest BCUT2D eigenvalue weighted by Crippen LogP contribution is 2.01. The Labute approximate surface area is 70.5 Å². The molecule has 1 atom stereocenters. The lowest BCUT2D eigenvalue weighted by Crippen LogP contribution is -2.03. The zero-order valence-electron chi connectivity index (χ0n) is 6.64. The summed E-state index contributed by atoms with van der Waals surface area (Å²) in [7, 11) is 0. The maximum atomic E-state index is 10.0. The Morgan fingerprint density at radius 3 is 2.67 bits per heavy atom. The molecule has 12 heavy (non-hydrogen) atoms. The minimum atomic E-state index is -0.874. The second-order valence-electron chi connectivity index (χ2n) is 2.37. The molecule has 0 radical (unpaired) electrons. The van der Waals surface area contributed by atoms with Gasteiger partial charge in [0, 0.05) is 6.42 Å². The molecule has 0 fully saturated rings. The van der Waals surface area contributed by atoms with E-state index in [-0.39, 0.29) is 6.42 Å². The molecule has 0 aliphatic heterocycles. The lowest BCUT2D eigenvalue weighted by molar-refractivity contribution is -0.137. The van der Waals surface area contributed by atoms with Crippen LogP contribution in [0, 0.1) is 0 Å². The lowest BCUT2D eigenvalue weighted by atomic mass is 10.1. The molecule has 0 spiro atoms. The molecule has 0 saturated carbocycles. The quantitative estimate of drug-likeness (QED) is 0.448. The first-order valence-electron chi connectivity index (χ1n) is 3.68. The molecule has 0 aromatic rings. The number of carbonyl (C=O) groups excluding carboxylic acids is 1. The number of carboxylic acid groups (broad SMARTS) is 1. The van der Waals surface area contributed by atoms with Crippen LogP contribution in [0.5, 0.6) is 0 Å². The van der Waals surface area contributed by atoms with Gasteiger partial charge in [-0.2, -0.15) is 0 Å². The molecule has 2 N–H and O–H groups in total. The largest absolute Gasteiger partial charge is 0.481 e. The van der Waals surface area contributed by atoms with E-state index in [1.807, 2.05) is 0 Å². The number of hydrogen-bond acceptors (Lipinski definition) is 3. The second-order valence-corrected chi connectivity index (χ2v) is 2.37. The maximum Gasteiger partial charge on any atom is 0.303 e. The van der Waals surface area contributed by atoms with Crippen molar-refractivity contribution >= 4 is 12.3 Å². The molecule has 0 bridgehead atoms. The van der Waals surface area contributed by atoms with Crippen LogP contribution in [0.4, 0.5) is 0 Å². The van der Waals surface area contributed by atoms with E-state index in [0.717, 1.165) is 0 Å². The Kier molecular flexibility index (Phi) is 5.91. The Balaban J connectivity index is 3.43. The third kappa shape index (κ3) is 6.95. The van der Waals surface area contributed by atoms with E-state index in [0.29, 0.717) is 19.1 Å². The summed E-state index contributed by atoms with van der Waals surface area (Å²) in [6.07, 6.45) is 3.23. The minimum Gasteiger partial charge on any atom is -0.481 e. The average Bonchev–Trinajstić information content (AvgIpc) is 2.00. The Morgan fingerprint density at radius 2 is 2.17 bits per heavy atom. The predicted molar refractivity (Wildman–Crippen MR) is 42.7 cm³/mol. The molecule has 4 nitrogen and oxygen atoms in total. The molecule has 0 aliphatic carbocycles. The molecule has 68 valence electrons. The van der Waals surface area contributed by atoms with Gasteiger partial charge in [-0.15, -0.1) is 0 Å². The molecule has 0 unspecified atom stereocenters. The highest BCUT2D eigenvalue weighted by molar-refractivity contribution is 5.66. The molecule has 0 heterocycles. The monoisotopic (exact) mass is 172 g/mol. The van der Waals surface area contributed by atoms with Crippen molar-refractivity contribution in [3.8, 4) is 0 Å². The Morgan fingerprint density at radius 1 is 1.50 bits per heavy atom. The highest BCUT2D eigenvalue weighted by atomic mass is 16.4. The molecular formula is C8H12O4. The van der Waals surface area contributed by atoms with Crippen LogP contribution in [0.2, 0.25) is 0 Å². The summed E-state index contributed by atoms with van der Waals surface area (Å²) in [6.45, 7) is 0. The van der Waals surface area contributed by atoms with Crippen molar-refractivity contribution in [2.24, 2.45) is 0 Å². The molecule has 0 aliphatic rings. The summed E-state index contributed by atoms with van der Waals surface area (Å²) in [5, 5.41) is 17.3. The van der Waals surface area contributed by atoms with E-state index < -0.39 is 12.1 Å². The van der Waals surface area contributed by atoms with E-state index >= 15 is 0 Å². The van der Waals surface area contributed by atoms with E-state index in [1.165, 1.54) is 12.2 Å². The topological polar surface area (TPSA) is 74.6 Å². The van der Waals surface area contributed by atoms with Gasteiger partial charge in [-0.05, 0) is 18.9 Å². The van der Waals surface area contributed by atoms with Crippen LogP contribution >= 0.6 is 0 Å². The number of aldehydes is 1. The number of carbonyl (C=O) groups is 2. The Hall–Kier alpha value is -1.16. The number of allylic oxidation sites excluding steroid dienone is 1. The van der Waals surface area contributed by atoms with Gasteiger partial charge in [0.25, 0.3) is 0 Å². The summed E-state index contributed by atoms with van der Waals surface area (Å²) in [6, 6.07) is 0. The number of aliphatic hydroxyl groups is 1. The normalized spacial score (nSPS) is 13.1. The molecule has 0 amide bonds. The summed E-state index contributed by atoms with van der Waals surface area (Å²) < 4.78 is 0. The SMILES string of the molecule is O=C/C=C/[C@@H](O)CCCC(=O)O. The van der Waals surface area contributed by atoms with Crippen LogP contribution in [0.25, 0.3) is 0 Å². The number of aliphatic hydroxyl groups excluding tert-OH is 1. The van der Waals surface area contributed by atoms with Crippen molar-refractivity contribution in [3.63, 3.8) is 0 Å². The third-order valence-corrected chi connectivity index (χ3v) is 1.30. The number of hydrogen-bond donors (Lipinski definition) is 2. The van der Waals surface area contributed by atoms with E-state index in [2.05, 4.69) is 0 Å². The van der Waals surface area contributed by atoms with Crippen molar-refractivity contribution in [2.45, 2.75) is 25.4 Å². The fourth-order valence-electron chi connectivity index (χ4n) is 0.732. The second kappa shape index (κ2) is 6.54. The molecular weight excluding hydrogens is 160 g/mol. The van der Waals surface area contributed by atoms with Gasteiger partial charge in [-0.3, -0.25) is 9.59 Å². The minimum absolute atomic E-state index is 0.0476. The van der Waals surface area contributed by atoms with Crippen molar-refractivity contribution in [2.75, 3.05) is 0 Å². The van der Waals surface area contributed by atoms with Crippen LogP contribution in [0.3, 0.4) is 0 Å². The van der Waals surface area contributed by atoms with E-state index in [9.17, 15) is 9.59 Å². The fraction of sp³-hybridized carbons (Fsp3) is 0.500. The zero-order chi connectivity index (χ0) is 9.40. The van der Waals surface area contributed by atoms with E-state index in [1.54, 1.807) is 0 Å². The van der Waals surface area contributed by atoms with Gasteiger partial charge in [-0.25, -0.2) is 0 Å². The van der Waals surface area contributed by atoms with Crippen LogP contribution in [0.1, 0.15) is 19.3 Å². The standard InChI is InChI=1S/C8H12O4/c9-6-2-4-7(10)3-1-5-8(11)12/h2,4,6-7,10H,1,3,5H2,(H,11,12)/b4-2+/t7-/m0/s1. The van der Waals surface area contributed by atoms with Gasteiger partial charge in [-0.1, -0.05) is 6.08 Å². The van der Waals surface area contributed by atoms with Crippen LogP contribution < -0.4 is 0 Å². The number of rotatable bonds is 6. The molecule has 0 aromatic carbocycles. The summed E-state index contributed by atoms with van der Waals surface area (Å²) in [5.74, 6) is -0.874. The molecule has 0 rings (SSSR count).